The predicted molar refractivity (Wildman–Crippen MR) is 90.9 cm³/mol. The van der Waals surface area contributed by atoms with E-state index in [0.717, 1.165) is 23.7 Å². The molecule has 1 unspecified atom stereocenters. The van der Waals surface area contributed by atoms with Crippen LogP contribution in [0.2, 0.25) is 0 Å². The summed E-state index contributed by atoms with van der Waals surface area (Å²) in [7, 11) is 1.35. The number of carbonyl (C=O) groups is 2. The van der Waals surface area contributed by atoms with E-state index in [1.54, 1.807) is 24.3 Å². The van der Waals surface area contributed by atoms with Gasteiger partial charge in [-0.3, -0.25) is 9.59 Å². The lowest BCUT2D eigenvalue weighted by atomic mass is 10.2. The van der Waals surface area contributed by atoms with Crippen molar-refractivity contribution in [2.24, 2.45) is 0 Å². The molecule has 2 rings (SSSR count). The average molecular weight is 338 g/mol. The van der Waals surface area contributed by atoms with Crippen LogP contribution in [0.25, 0.3) is 0 Å². The second-order valence-corrected chi connectivity index (χ2v) is 6.33. The van der Waals surface area contributed by atoms with Gasteiger partial charge in [-0.2, -0.15) is 11.8 Å². The normalized spacial score (nSPS) is 17.3. The van der Waals surface area contributed by atoms with Gasteiger partial charge in [-0.05, 0) is 24.3 Å². The molecule has 1 aromatic carbocycles. The van der Waals surface area contributed by atoms with Crippen LogP contribution in [-0.4, -0.2) is 49.7 Å². The molecule has 0 radical (unpaired) electrons. The first-order valence-corrected chi connectivity index (χ1v) is 8.73. The maximum Gasteiger partial charge on any atom is 0.308 e. The summed E-state index contributed by atoms with van der Waals surface area (Å²) >= 11 is 1.87. The molecule has 1 aliphatic heterocycles. The van der Waals surface area contributed by atoms with Crippen molar-refractivity contribution >= 4 is 29.3 Å². The Hall–Kier alpha value is -1.73. The molecule has 126 valence electrons. The van der Waals surface area contributed by atoms with Gasteiger partial charge in [0.1, 0.15) is 5.75 Å². The predicted octanol–water partition coefficient (Wildman–Crippen LogP) is 1.66. The van der Waals surface area contributed by atoms with Gasteiger partial charge in [-0.15, -0.1) is 0 Å². The number of hydrogen-bond acceptors (Lipinski definition) is 6. The van der Waals surface area contributed by atoms with Crippen LogP contribution in [0, 0.1) is 0 Å². The smallest absolute Gasteiger partial charge is 0.308 e. The van der Waals surface area contributed by atoms with Crippen LogP contribution in [0.15, 0.2) is 24.3 Å². The summed E-state index contributed by atoms with van der Waals surface area (Å²) in [5.41, 5.74) is 0.735. The zero-order valence-corrected chi connectivity index (χ0v) is 14.0. The fourth-order valence-corrected chi connectivity index (χ4v) is 3.12. The Labute approximate surface area is 140 Å². The highest BCUT2D eigenvalue weighted by Crippen LogP contribution is 2.17. The van der Waals surface area contributed by atoms with Gasteiger partial charge in [0.15, 0.2) is 0 Å². The second-order valence-electron chi connectivity index (χ2n) is 5.18. The fraction of sp³-hybridized carbons (Fsp3) is 0.500. The van der Waals surface area contributed by atoms with E-state index in [1.807, 2.05) is 11.8 Å². The summed E-state index contributed by atoms with van der Waals surface area (Å²) < 4.78 is 9.97. The van der Waals surface area contributed by atoms with Gasteiger partial charge in [0.05, 0.1) is 20.1 Å². The quantitative estimate of drug-likeness (QED) is 0.737. The van der Waals surface area contributed by atoms with Gasteiger partial charge >= 0.3 is 5.97 Å². The Bertz CT molecular complexity index is 515. The van der Waals surface area contributed by atoms with Crippen LogP contribution in [0.1, 0.15) is 12.8 Å². The van der Waals surface area contributed by atoms with Gasteiger partial charge in [0, 0.05) is 36.2 Å². The number of benzene rings is 1. The average Bonchev–Trinajstić information content (AvgIpc) is 2.57. The monoisotopic (exact) mass is 338 g/mol. The molecule has 1 heterocycles. The fourth-order valence-electron chi connectivity index (χ4n) is 2.18. The van der Waals surface area contributed by atoms with Crippen molar-refractivity contribution in [1.82, 2.24) is 5.32 Å². The van der Waals surface area contributed by atoms with Crippen LogP contribution in [0.3, 0.4) is 0 Å². The number of ether oxygens (including phenoxy) is 2. The Morgan fingerprint density at radius 2 is 2.13 bits per heavy atom. The molecule has 0 aliphatic carbocycles. The first-order valence-electron chi connectivity index (χ1n) is 7.58. The highest BCUT2D eigenvalue weighted by molar-refractivity contribution is 7.99. The molecule has 1 fully saturated rings. The number of esters is 1. The lowest BCUT2D eigenvalue weighted by Gasteiger charge is -2.22. The minimum atomic E-state index is -0.302. The first-order chi connectivity index (χ1) is 11.2. The molecule has 0 bridgehead atoms. The minimum absolute atomic E-state index is 0.00404. The molecule has 7 heteroatoms. The highest BCUT2D eigenvalue weighted by Gasteiger charge is 2.16. The molecule has 1 aromatic rings. The number of methoxy groups -OCH3 is 1. The van der Waals surface area contributed by atoms with E-state index in [2.05, 4.69) is 15.4 Å². The molecule has 0 spiro atoms. The standard InChI is InChI=1S/C16H22N2O4S/c1-21-16(20)6-8-22-14-4-2-12(3-5-14)18-15(19)10-13-11-23-9-7-17-13/h2-5,13,17H,6-11H2,1H3,(H,18,19). The molecular formula is C16H22N2O4S. The SMILES string of the molecule is COC(=O)CCOc1ccc(NC(=O)CC2CSCCN2)cc1. The Balaban J connectivity index is 1.73. The minimum Gasteiger partial charge on any atom is -0.493 e. The molecular weight excluding hydrogens is 316 g/mol. The molecule has 1 amide bonds. The van der Waals surface area contributed by atoms with Crippen molar-refractivity contribution in [1.29, 1.82) is 0 Å². The lowest BCUT2D eigenvalue weighted by molar-refractivity contribution is -0.141. The van der Waals surface area contributed by atoms with E-state index in [-0.39, 0.29) is 30.9 Å². The van der Waals surface area contributed by atoms with Gasteiger partial charge < -0.3 is 20.1 Å². The van der Waals surface area contributed by atoms with Crippen molar-refractivity contribution in [3.8, 4) is 5.75 Å². The largest absolute Gasteiger partial charge is 0.493 e. The van der Waals surface area contributed by atoms with E-state index >= 15 is 0 Å². The zero-order valence-electron chi connectivity index (χ0n) is 13.2. The number of thioether (sulfide) groups is 1. The van der Waals surface area contributed by atoms with Gasteiger partial charge in [0.25, 0.3) is 0 Å². The maximum atomic E-state index is 12.0. The highest BCUT2D eigenvalue weighted by atomic mass is 32.2. The van der Waals surface area contributed by atoms with E-state index in [1.165, 1.54) is 7.11 Å². The first kappa shape index (κ1) is 17.6. The second kappa shape index (κ2) is 9.42. The third kappa shape index (κ3) is 6.50. The van der Waals surface area contributed by atoms with Crippen molar-refractivity contribution in [2.45, 2.75) is 18.9 Å². The van der Waals surface area contributed by atoms with Crippen LogP contribution in [0.4, 0.5) is 5.69 Å². The summed E-state index contributed by atoms with van der Waals surface area (Å²) in [5, 5.41) is 6.22. The molecule has 2 N–H and O–H groups in total. The molecule has 6 nitrogen and oxygen atoms in total. The summed E-state index contributed by atoms with van der Waals surface area (Å²) in [6.45, 7) is 1.23. The van der Waals surface area contributed by atoms with Crippen molar-refractivity contribution in [3.63, 3.8) is 0 Å². The molecule has 1 atom stereocenters. The number of amides is 1. The summed E-state index contributed by atoms with van der Waals surface area (Å²) in [6, 6.07) is 7.35. The van der Waals surface area contributed by atoms with Gasteiger partial charge in [-0.1, -0.05) is 0 Å². The molecule has 0 saturated carbocycles. The van der Waals surface area contributed by atoms with Gasteiger partial charge in [0.2, 0.25) is 5.91 Å². The zero-order chi connectivity index (χ0) is 16.5. The lowest BCUT2D eigenvalue weighted by Crippen LogP contribution is -2.39. The van der Waals surface area contributed by atoms with Crippen molar-refractivity contribution in [2.75, 3.05) is 37.1 Å². The van der Waals surface area contributed by atoms with Gasteiger partial charge in [-0.25, -0.2) is 0 Å². The maximum absolute atomic E-state index is 12.0. The number of hydrogen-bond donors (Lipinski definition) is 2. The Morgan fingerprint density at radius 1 is 1.35 bits per heavy atom. The Morgan fingerprint density at radius 3 is 2.78 bits per heavy atom. The van der Waals surface area contributed by atoms with Crippen LogP contribution >= 0.6 is 11.8 Å². The van der Waals surface area contributed by atoms with Crippen LogP contribution in [0.5, 0.6) is 5.75 Å². The number of carbonyl (C=O) groups excluding carboxylic acids is 2. The van der Waals surface area contributed by atoms with E-state index in [0.29, 0.717) is 12.2 Å². The van der Waals surface area contributed by atoms with Crippen molar-refractivity contribution < 1.29 is 19.1 Å². The van der Waals surface area contributed by atoms with E-state index in [4.69, 9.17) is 4.74 Å². The summed E-state index contributed by atoms with van der Waals surface area (Å²) in [4.78, 5) is 23.0. The summed E-state index contributed by atoms with van der Waals surface area (Å²) in [6.07, 6.45) is 0.686. The number of anilines is 1. The molecule has 0 aromatic heterocycles. The number of nitrogens with one attached hydrogen (secondary N) is 2. The van der Waals surface area contributed by atoms with Crippen LogP contribution < -0.4 is 15.4 Å². The third-order valence-corrected chi connectivity index (χ3v) is 4.50. The van der Waals surface area contributed by atoms with E-state index in [9.17, 15) is 9.59 Å². The van der Waals surface area contributed by atoms with E-state index < -0.39 is 0 Å². The van der Waals surface area contributed by atoms with Crippen molar-refractivity contribution in [3.05, 3.63) is 24.3 Å². The topological polar surface area (TPSA) is 76.7 Å². The Kier molecular flexibility index (Phi) is 7.22. The molecule has 23 heavy (non-hydrogen) atoms. The third-order valence-electron chi connectivity index (χ3n) is 3.37. The molecule has 1 aliphatic rings. The van der Waals surface area contributed by atoms with Crippen LogP contribution in [-0.2, 0) is 14.3 Å². The summed E-state index contributed by atoms with van der Waals surface area (Å²) in [5.74, 6) is 2.43. The molecule has 1 saturated heterocycles. The number of rotatable bonds is 7.